The van der Waals surface area contributed by atoms with Gasteiger partial charge in [0.25, 0.3) is 0 Å². The number of likely N-dealkylation sites (tertiary alicyclic amines) is 1. The predicted molar refractivity (Wildman–Crippen MR) is 100 cm³/mol. The smallest absolute Gasteiger partial charge is 0.155 e. The van der Waals surface area contributed by atoms with Crippen molar-refractivity contribution in [3.8, 4) is 17.0 Å². The zero-order valence-corrected chi connectivity index (χ0v) is 15.4. The molecule has 4 rings (SSSR count). The van der Waals surface area contributed by atoms with Gasteiger partial charge in [0.2, 0.25) is 0 Å². The molecule has 2 aliphatic heterocycles. The molecule has 25 heavy (non-hydrogen) atoms. The minimum atomic E-state index is 0.147. The average molecular weight is 359 g/mol. The first kappa shape index (κ1) is 16.6. The Morgan fingerprint density at radius 1 is 1.24 bits per heavy atom. The van der Waals surface area contributed by atoms with Gasteiger partial charge in [-0.2, -0.15) is 0 Å². The summed E-state index contributed by atoms with van der Waals surface area (Å²) in [6, 6.07) is 5.65. The second-order valence-corrected chi connectivity index (χ2v) is 7.58. The lowest BCUT2D eigenvalue weighted by Gasteiger charge is -2.36. The van der Waals surface area contributed by atoms with Crippen LogP contribution in [-0.2, 0) is 6.42 Å². The lowest BCUT2D eigenvalue weighted by atomic mass is 10.0. The first-order valence-corrected chi connectivity index (χ1v) is 9.22. The van der Waals surface area contributed by atoms with Gasteiger partial charge in [-0.15, -0.1) is 10.2 Å². The molecule has 2 aliphatic rings. The van der Waals surface area contributed by atoms with Crippen LogP contribution in [0.1, 0.15) is 24.0 Å². The van der Waals surface area contributed by atoms with Crippen molar-refractivity contribution in [2.24, 2.45) is 0 Å². The summed E-state index contributed by atoms with van der Waals surface area (Å²) in [6.07, 6.45) is 3.43. The molecule has 0 unspecified atom stereocenters. The Balaban J connectivity index is 1.69. The van der Waals surface area contributed by atoms with E-state index in [-0.39, 0.29) is 5.75 Å². The number of aromatic hydroxyl groups is 1. The molecule has 132 valence electrons. The Hall–Kier alpha value is -1.85. The van der Waals surface area contributed by atoms with Crippen molar-refractivity contribution < 1.29 is 5.11 Å². The third-order valence-electron chi connectivity index (χ3n) is 5.45. The average Bonchev–Trinajstić information content (AvgIpc) is 3.01. The number of aromatic nitrogens is 2. The van der Waals surface area contributed by atoms with Crippen molar-refractivity contribution in [2.45, 2.75) is 32.2 Å². The van der Waals surface area contributed by atoms with Gasteiger partial charge in [0.05, 0.1) is 5.69 Å². The third kappa shape index (κ3) is 2.96. The minimum Gasteiger partial charge on any atom is -0.507 e. The Morgan fingerprint density at radius 3 is 2.84 bits per heavy atom. The summed E-state index contributed by atoms with van der Waals surface area (Å²) in [5.74, 6) is 1.17. The van der Waals surface area contributed by atoms with E-state index in [9.17, 15) is 5.11 Å². The number of anilines is 1. The summed E-state index contributed by atoms with van der Waals surface area (Å²) in [5, 5.41) is 19.8. The lowest BCUT2D eigenvalue weighted by molar-refractivity contribution is 0.245. The zero-order valence-electron chi connectivity index (χ0n) is 14.7. The van der Waals surface area contributed by atoms with Gasteiger partial charge >= 0.3 is 0 Å². The molecule has 1 N–H and O–H groups in total. The fourth-order valence-electron chi connectivity index (χ4n) is 4.12. The van der Waals surface area contributed by atoms with E-state index in [4.69, 9.17) is 11.6 Å². The first-order valence-electron chi connectivity index (χ1n) is 8.85. The van der Waals surface area contributed by atoms with E-state index in [0.717, 1.165) is 36.6 Å². The molecule has 1 aromatic heterocycles. The van der Waals surface area contributed by atoms with Crippen LogP contribution in [0.3, 0.4) is 0 Å². The van der Waals surface area contributed by atoms with Crippen LogP contribution in [0, 0.1) is 6.92 Å². The summed E-state index contributed by atoms with van der Waals surface area (Å²) in [5.41, 5.74) is 3.80. The Bertz CT molecular complexity index is 810. The number of benzene rings is 1. The molecule has 1 saturated heterocycles. The fraction of sp³-hybridized carbons (Fsp3) is 0.474. The molecule has 0 saturated carbocycles. The van der Waals surface area contributed by atoms with Crippen molar-refractivity contribution in [1.82, 2.24) is 15.1 Å². The van der Waals surface area contributed by atoms with Crippen LogP contribution >= 0.6 is 11.6 Å². The van der Waals surface area contributed by atoms with Gasteiger partial charge in [-0.05, 0) is 63.5 Å². The second-order valence-electron chi connectivity index (χ2n) is 7.14. The Labute approximate surface area is 153 Å². The number of likely N-dealkylation sites (N-methyl/N-ethyl adjacent to an activating group) is 1. The van der Waals surface area contributed by atoms with Gasteiger partial charge in [-0.3, -0.25) is 0 Å². The van der Waals surface area contributed by atoms with E-state index in [2.05, 4.69) is 34.0 Å². The third-order valence-corrected chi connectivity index (χ3v) is 5.69. The van der Waals surface area contributed by atoms with Crippen molar-refractivity contribution in [3.63, 3.8) is 0 Å². The quantitative estimate of drug-likeness (QED) is 0.893. The molecule has 1 fully saturated rings. The number of halogens is 1. The highest BCUT2D eigenvalue weighted by Gasteiger charge is 2.32. The highest BCUT2D eigenvalue weighted by molar-refractivity contribution is 6.30. The Morgan fingerprint density at radius 2 is 2.08 bits per heavy atom. The summed E-state index contributed by atoms with van der Waals surface area (Å²) >= 11 is 5.95. The molecule has 6 heteroatoms. The standard InChI is InChI=1S/C19H23ClN4O/c1-12-15-7-9-24(14-4-3-8-23(2)11-14)19(15)22-21-18(12)16-6-5-13(20)10-17(16)25/h5-6,10,14,25H,3-4,7-9,11H2,1-2H3/t14-/m1/s1. The SMILES string of the molecule is Cc1c(-c2ccc(Cl)cc2O)nnc2c1CCN2[C@@H]1CCCN(C)C1. The number of phenols is 1. The number of hydrogen-bond acceptors (Lipinski definition) is 5. The maximum atomic E-state index is 10.2. The van der Waals surface area contributed by atoms with E-state index in [1.807, 2.05) is 6.07 Å². The second kappa shape index (κ2) is 6.46. The number of fused-ring (bicyclic) bond motifs is 1. The highest BCUT2D eigenvalue weighted by atomic mass is 35.5. The monoisotopic (exact) mass is 358 g/mol. The van der Waals surface area contributed by atoms with Crippen LogP contribution in [0.4, 0.5) is 5.82 Å². The number of piperidine rings is 1. The van der Waals surface area contributed by atoms with Gasteiger partial charge in [-0.1, -0.05) is 11.6 Å². The molecule has 0 spiro atoms. The van der Waals surface area contributed by atoms with Gasteiger partial charge in [0, 0.05) is 35.3 Å². The predicted octanol–water partition coefficient (Wildman–Crippen LogP) is 3.27. The van der Waals surface area contributed by atoms with Crippen LogP contribution in [0.25, 0.3) is 11.3 Å². The molecule has 1 aromatic carbocycles. The number of phenolic OH excluding ortho intramolecular Hbond substituents is 1. The molecule has 2 aromatic rings. The number of rotatable bonds is 2. The van der Waals surface area contributed by atoms with Crippen molar-refractivity contribution >= 4 is 17.4 Å². The topological polar surface area (TPSA) is 52.5 Å². The normalized spacial score (nSPS) is 20.8. The molecule has 0 aliphatic carbocycles. The fourth-order valence-corrected chi connectivity index (χ4v) is 4.29. The lowest BCUT2D eigenvalue weighted by Crippen LogP contribution is -2.46. The molecular weight excluding hydrogens is 336 g/mol. The summed E-state index contributed by atoms with van der Waals surface area (Å²) < 4.78 is 0. The largest absolute Gasteiger partial charge is 0.507 e. The maximum Gasteiger partial charge on any atom is 0.155 e. The maximum absolute atomic E-state index is 10.2. The van der Waals surface area contributed by atoms with Crippen LogP contribution < -0.4 is 4.90 Å². The van der Waals surface area contributed by atoms with Gasteiger partial charge in [0.1, 0.15) is 5.75 Å². The van der Waals surface area contributed by atoms with Crippen LogP contribution in [0.15, 0.2) is 18.2 Å². The molecule has 0 amide bonds. The summed E-state index contributed by atoms with van der Waals surface area (Å²) in [7, 11) is 2.19. The zero-order chi connectivity index (χ0) is 17.6. The molecule has 3 heterocycles. The van der Waals surface area contributed by atoms with E-state index >= 15 is 0 Å². The van der Waals surface area contributed by atoms with Gasteiger partial charge in [-0.25, -0.2) is 0 Å². The number of hydrogen-bond donors (Lipinski definition) is 1. The summed E-state index contributed by atoms with van der Waals surface area (Å²) in [4.78, 5) is 4.82. The molecule has 0 bridgehead atoms. The van der Waals surface area contributed by atoms with Crippen molar-refractivity contribution in [3.05, 3.63) is 34.3 Å². The van der Waals surface area contributed by atoms with E-state index < -0.39 is 0 Å². The molecule has 0 radical (unpaired) electrons. The highest BCUT2D eigenvalue weighted by Crippen LogP contribution is 2.38. The molecular formula is C19H23ClN4O. The van der Waals surface area contributed by atoms with Gasteiger partial charge in [0.15, 0.2) is 5.82 Å². The number of nitrogens with zero attached hydrogens (tertiary/aromatic N) is 4. The van der Waals surface area contributed by atoms with E-state index in [0.29, 0.717) is 16.6 Å². The van der Waals surface area contributed by atoms with Crippen molar-refractivity contribution in [1.29, 1.82) is 0 Å². The van der Waals surface area contributed by atoms with Crippen LogP contribution in [0.5, 0.6) is 5.75 Å². The first-order chi connectivity index (χ1) is 12.0. The van der Waals surface area contributed by atoms with Crippen LogP contribution in [-0.4, -0.2) is 52.9 Å². The van der Waals surface area contributed by atoms with E-state index in [1.54, 1.807) is 12.1 Å². The summed E-state index contributed by atoms with van der Waals surface area (Å²) in [6.45, 7) is 5.34. The minimum absolute atomic E-state index is 0.147. The Kier molecular flexibility index (Phi) is 4.29. The van der Waals surface area contributed by atoms with Crippen molar-refractivity contribution in [2.75, 3.05) is 31.6 Å². The van der Waals surface area contributed by atoms with Crippen LogP contribution in [0.2, 0.25) is 5.02 Å². The van der Waals surface area contributed by atoms with Gasteiger partial charge < -0.3 is 14.9 Å². The molecule has 5 nitrogen and oxygen atoms in total. The van der Waals surface area contributed by atoms with E-state index in [1.165, 1.54) is 24.9 Å². The molecule has 1 atom stereocenters.